The van der Waals surface area contributed by atoms with Crippen molar-refractivity contribution >= 4 is 5.97 Å². The highest BCUT2D eigenvalue weighted by Gasteiger charge is 2.49. The van der Waals surface area contributed by atoms with Crippen molar-refractivity contribution in [2.45, 2.75) is 57.7 Å². The lowest BCUT2D eigenvalue weighted by Gasteiger charge is -2.36. The molecular formula is C18H24O3. The third-order valence-electron chi connectivity index (χ3n) is 4.92. The van der Waals surface area contributed by atoms with E-state index in [2.05, 4.69) is 12.1 Å². The first kappa shape index (κ1) is 14.6. The topological polar surface area (TPSA) is 35.5 Å². The molecule has 0 aromatic heterocycles. The summed E-state index contributed by atoms with van der Waals surface area (Å²) in [4.78, 5) is 11.6. The second-order valence-corrected chi connectivity index (χ2v) is 6.41. The Hall–Kier alpha value is -1.35. The van der Waals surface area contributed by atoms with Crippen LogP contribution in [0.25, 0.3) is 0 Å². The zero-order chi connectivity index (χ0) is 14.5. The molecule has 1 saturated carbocycles. The summed E-state index contributed by atoms with van der Waals surface area (Å²) in [5, 5.41) is 0. The summed E-state index contributed by atoms with van der Waals surface area (Å²) < 4.78 is 11.3. The van der Waals surface area contributed by atoms with Crippen molar-refractivity contribution in [2.24, 2.45) is 5.41 Å². The lowest BCUT2D eigenvalue weighted by Crippen LogP contribution is -2.34. The molecule has 114 valence electrons. The van der Waals surface area contributed by atoms with Gasteiger partial charge in [-0.25, -0.2) is 0 Å². The van der Waals surface area contributed by atoms with Crippen molar-refractivity contribution in [3.05, 3.63) is 35.9 Å². The second kappa shape index (κ2) is 6.61. The molecule has 0 spiro atoms. The van der Waals surface area contributed by atoms with Crippen molar-refractivity contribution < 1.29 is 14.3 Å². The second-order valence-electron chi connectivity index (χ2n) is 6.41. The van der Waals surface area contributed by atoms with Crippen LogP contribution in [0.2, 0.25) is 0 Å². The normalized spacial score (nSPS) is 28.2. The average molecular weight is 288 g/mol. The van der Waals surface area contributed by atoms with Gasteiger partial charge in [0.2, 0.25) is 0 Å². The largest absolute Gasteiger partial charge is 0.462 e. The van der Waals surface area contributed by atoms with E-state index in [0.717, 1.165) is 32.3 Å². The van der Waals surface area contributed by atoms with Crippen LogP contribution in [0.1, 0.15) is 50.5 Å². The molecule has 1 heterocycles. The Bertz CT molecular complexity index is 471. The maximum absolute atomic E-state index is 11.6. The van der Waals surface area contributed by atoms with E-state index in [9.17, 15) is 4.79 Å². The monoisotopic (exact) mass is 288 g/mol. The molecule has 2 atom stereocenters. The van der Waals surface area contributed by atoms with Crippen molar-refractivity contribution in [3.63, 3.8) is 0 Å². The number of carbonyl (C=O) groups excluding carboxylic acids is 1. The van der Waals surface area contributed by atoms with Crippen LogP contribution in [-0.4, -0.2) is 18.7 Å². The first-order chi connectivity index (χ1) is 10.3. The average Bonchev–Trinajstić information content (AvgIpc) is 2.84. The van der Waals surface area contributed by atoms with Gasteiger partial charge in [0.05, 0.1) is 13.0 Å². The van der Waals surface area contributed by atoms with Gasteiger partial charge in [0.15, 0.2) is 0 Å². The summed E-state index contributed by atoms with van der Waals surface area (Å²) in [7, 11) is 0. The van der Waals surface area contributed by atoms with E-state index in [-0.39, 0.29) is 17.5 Å². The van der Waals surface area contributed by atoms with Crippen molar-refractivity contribution in [1.29, 1.82) is 0 Å². The Labute approximate surface area is 126 Å². The summed E-state index contributed by atoms with van der Waals surface area (Å²) in [5.41, 5.74) is 1.33. The van der Waals surface area contributed by atoms with Crippen LogP contribution >= 0.6 is 0 Å². The Morgan fingerprint density at radius 3 is 2.95 bits per heavy atom. The minimum atomic E-state index is 0.00658. The van der Waals surface area contributed by atoms with Gasteiger partial charge in [0, 0.05) is 12.0 Å². The van der Waals surface area contributed by atoms with Crippen LogP contribution in [-0.2, 0) is 20.9 Å². The van der Waals surface area contributed by atoms with E-state index in [1.807, 2.05) is 18.2 Å². The number of benzene rings is 1. The van der Waals surface area contributed by atoms with Crippen LogP contribution < -0.4 is 0 Å². The summed E-state index contributed by atoms with van der Waals surface area (Å²) in [5.74, 6) is 0.00658. The first-order valence-corrected chi connectivity index (χ1v) is 8.10. The third-order valence-corrected chi connectivity index (χ3v) is 4.92. The fraction of sp³-hybridized carbons (Fsp3) is 0.611. The summed E-state index contributed by atoms with van der Waals surface area (Å²) in [6, 6.07) is 10.2. The Morgan fingerprint density at radius 2 is 2.10 bits per heavy atom. The van der Waals surface area contributed by atoms with Gasteiger partial charge in [-0.05, 0) is 37.7 Å². The maximum Gasteiger partial charge on any atom is 0.306 e. The summed E-state index contributed by atoms with van der Waals surface area (Å²) in [6.07, 6.45) is 7.49. The minimum Gasteiger partial charge on any atom is -0.462 e. The molecule has 2 aliphatic rings. The molecule has 1 aliphatic heterocycles. The summed E-state index contributed by atoms with van der Waals surface area (Å²) in [6.45, 7) is 1.43. The molecule has 0 bridgehead atoms. The lowest BCUT2D eigenvalue weighted by molar-refractivity contribution is -0.142. The predicted molar refractivity (Wildman–Crippen MR) is 80.7 cm³/mol. The molecule has 0 N–H and O–H groups in total. The molecule has 1 aliphatic carbocycles. The molecule has 3 nitrogen and oxygen atoms in total. The summed E-state index contributed by atoms with van der Waals surface area (Å²) >= 11 is 0. The zero-order valence-corrected chi connectivity index (χ0v) is 12.6. The molecule has 1 saturated heterocycles. The third kappa shape index (κ3) is 3.46. The highest BCUT2D eigenvalue weighted by Crippen LogP contribution is 2.49. The van der Waals surface area contributed by atoms with Crippen LogP contribution in [0.4, 0.5) is 0 Å². The molecule has 3 rings (SSSR count). The van der Waals surface area contributed by atoms with Crippen molar-refractivity contribution in [2.75, 3.05) is 6.61 Å². The quantitative estimate of drug-likeness (QED) is 0.589. The van der Waals surface area contributed by atoms with Crippen molar-refractivity contribution in [1.82, 2.24) is 0 Å². The fourth-order valence-electron chi connectivity index (χ4n) is 3.81. The first-order valence-electron chi connectivity index (χ1n) is 8.10. The Morgan fingerprint density at radius 1 is 1.24 bits per heavy atom. The van der Waals surface area contributed by atoms with E-state index in [1.165, 1.54) is 18.4 Å². The lowest BCUT2D eigenvalue weighted by atomic mass is 9.68. The molecule has 1 aromatic carbocycles. The van der Waals surface area contributed by atoms with E-state index >= 15 is 0 Å². The smallest absolute Gasteiger partial charge is 0.306 e. The molecular weight excluding hydrogens is 264 g/mol. The van der Waals surface area contributed by atoms with Gasteiger partial charge in [-0.15, -0.1) is 0 Å². The van der Waals surface area contributed by atoms with Gasteiger partial charge in [-0.2, -0.15) is 0 Å². The fourth-order valence-corrected chi connectivity index (χ4v) is 3.81. The molecule has 21 heavy (non-hydrogen) atoms. The number of hydrogen-bond acceptors (Lipinski definition) is 3. The number of hydrogen-bond donors (Lipinski definition) is 0. The van der Waals surface area contributed by atoms with Gasteiger partial charge in [0.25, 0.3) is 0 Å². The van der Waals surface area contributed by atoms with Crippen molar-refractivity contribution in [3.8, 4) is 0 Å². The van der Waals surface area contributed by atoms with E-state index < -0.39 is 0 Å². The van der Waals surface area contributed by atoms with E-state index in [4.69, 9.17) is 9.47 Å². The van der Waals surface area contributed by atoms with Crippen LogP contribution in [0, 0.1) is 5.41 Å². The van der Waals surface area contributed by atoms with Gasteiger partial charge in [-0.1, -0.05) is 36.8 Å². The Balaban J connectivity index is 1.43. The van der Waals surface area contributed by atoms with Crippen LogP contribution in [0.5, 0.6) is 0 Å². The van der Waals surface area contributed by atoms with Crippen LogP contribution in [0.15, 0.2) is 30.3 Å². The number of ether oxygens (including phenoxy) is 2. The Kier molecular flexibility index (Phi) is 4.59. The SMILES string of the molecule is O=C1C[C@@]2(CCCOCc3ccccc3)CCCC[C@H]2O1. The number of esters is 1. The highest BCUT2D eigenvalue weighted by molar-refractivity contribution is 5.73. The van der Waals surface area contributed by atoms with Gasteiger partial charge in [0.1, 0.15) is 6.10 Å². The number of fused-ring (bicyclic) bond motifs is 1. The molecule has 0 unspecified atom stereocenters. The van der Waals surface area contributed by atoms with E-state index in [1.54, 1.807) is 0 Å². The predicted octanol–water partition coefficient (Wildman–Crippen LogP) is 3.86. The minimum absolute atomic E-state index is 0.00658. The van der Waals surface area contributed by atoms with Gasteiger partial charge < -0.3 is 9.47 Å². The molecule has 0 amide bonds. The van der Waals surface area contributed by atoms with Gasteiger partial charge in [-0.3, -0.25) is 4.79 Å². The van der Waals surface area contributed by atoms with Gasteiger partial charge >= 0.3 is 5.97 Å². The number of rotatable bonds is 6. The molecule has 2 fully saturated rings. The number of carbonyl (C=O) groups is 1. The molecule has 1 aromatic rings. The maximum atomic E-state index is 11.6. The molecule has 0 radical (unpaired) electrons. The highest BCUT2D eigenvalue weighted by atomic mass is 16.6. The van der Waals surface area contributed by atoms with E-state index in [0.29, 0.717) is 13.0 Å². The molecule has 3 heteroatoms. The standard InChI is InChI=1S/C18H24O3/c19-17-13-18(10-5-4-9-16(18)21-17)11-6-12-20-14-15-7-2-1-3-8-15/h1-3,7-8,16H,4-6,9-14H2/t16-,18+/m1/s1. The van der Waals surface area contributed by atoms with Crippen LogP contribution in [0.3, 0.4) is 0 Å². The zero-order valence-electron chi connectivity index (χ0n) is 12.6.